The van der Waals surface area contributed by atoms with Crippen LogP contribution in [-0.4, -0.2) is 12.5 Å². The monoisotopic (exact) mass is 335 g/mol. The van der Waals surface area contributed by atoms with Gasteiger partial charge in [0, 0.05) is 13.0 Å². The second-order valence-electron chi connectivity index (χ2n) is 5.69. The number of rotatable bonds is 4. The van der Waals surface area contributed by atoms with E-state index in [1.54, 1.807) is 0 Å². The van der Waals surface area contributed by atoms with Gasteiger partial charge < -0.3 is 10.1 Å². The lowest BCUT2D eigenvalue weighted by Crippen LogP contribution is -2.24. The van der Waals surface area contributed by atoms with E-state index >= 15 is 0 Å². The molecule has 126 valence electrons. The van der Waals surface area contributed by atoms with E-state index in [1.807, 2.05) is 18.2 Å². The minimum atomic E-state index is -4.35. The van der Waals surface area contributed by atoms with Gasteiger partial charge in [0.25, 0.3) is 0 Å². The smallest absolute Gasteiger partial charge is 0.416 e. The Bertz CT molecular complexity index is 739. The van der Waals surface area contributed by atoms with Gasteiger partial charge in [0.1, 0.15) is 5.75 Å². The first kappa shape index (κ1) is 16.4. The highest BCUT2D eigenvalue weighted by Crippen LogP contribution is 2.29. The molecule has 6 heteroatoms. The van der Waals surface area contributed by atoms with Gasteiger partial charge in [-0.05, 0) is 34.9 Å². The van der Waals surface area contributed by atoms with Crippen LogP contribution in [0.15, 0.2) is 42.5 Å². The average Bonchev–Trinajstić information content (AvgIpc) is 3.00. The second kappa shape index (κ2) is 6.55. The summed E-state index contributed by atoms with van der Waals surface area (Å²) in [6.45, 7) is 0.865. The molecule has 0 atom stereocenters. The number of nitrogens with one attached hydrogen (secondary N) is 1. The van der Waals surface area contributed by atoms with E-state index in [2.05, 4.69) is 5.32 Å². The van der Waals surface area contributed by atoms with Crippen molar-refractivity contribution in [1.29, 1.82) is 0 Å². The predicted molar refractivity (Wildman–Crippen MR) is 82.6 cm³/mol. The Morgan fingerprint density at radius 3 is 2.50 bits per heavy atom. The summed E-state index contributed by atoms with van der Waals surface area (Å²) in [5.74, 6) is 0.692. The molecule has 1 amide bonds. The van der Waals surface area contributed by atoms with Crippen molar-refractivity contribution in [2.45, 2.75) is 25.6 Å². The van der Waals surface area contributed by atoms with Crippen LogP contribution in [0.5, 0.6) is 5.75 Å². The van der Waals surface area contributed by atoms with Crippen LogP contribution in [0.4, 0.5) is 13.2 Å². The highest BCUT2D eigenvalue weighted by Gasteiger charge is 2.29. The van der Waals surface area contributed by atoms with Crippen LogP contribution in [0.3, 0.4) is 0 Å². The maximum atomic E-state index is 12.5. The molecule has 0 unspecified atom stereocenters. The largest absolute Gasteiger partial charge is 0.493 e. The molecule has 2 aromatic carbocycles. The molecule has 24 heavy (non-hydrogen) atoms. The molecule has 0 saturated heterocycles. The number of carbonyl (C=O) groups is 1. The molecule has 0 saturated carbocycles. The van der Waals surface area contributed by atoms with E-state index in [-0.39, 0.29) is 18.9 Å². The van der Waals surface area contributed by atoms with Gasteiger partial charge >= 0.3 is 6.18 Å². The quantitative estimate of drug-likeness (QED) is 0.929. The van der Waals surface area contributed by atoms with Crippen LogP contribution in [0.2, 0.25) is 0 Å². The molecule has 1 heterocycles. The normalized spacial score (nSPS) is 13.3. The molecule has 1 N–H and O–H groups in total. The van der Waals surface area contributed by atoms with Crippen molar-refractivity contribution in [2.24, 2.45) is 0 Å². The zero-order valence-electron chi connectivity index (χ0n) is 12.8. The van der Waals surface area contributed by atoms with Crippen molar-refractivity contribution < 1.29 is 22.7 Å². The van der Waals surface area contributed by atoms with E-state index in [0.29, 0.717) is 12.2 Å². The number of ether oxygens (including phenoxy) is 1. The third kappa shape index (κ3) is 3.88. The molecule has 1 aliphatic heterocycles. The SMILES string of the molecule is O=C(Cc1ccc2c(c1)CCO2)NCc1ccc(C(F)(F)F)cc1. The molecule has 0 aromatic heterocycles. The summed E-state index contributed by atoms with van der Waals surface area (Å²) in [6, 6.07) is 10.4. The molecule has 0 radical (unpaired) electrons. The number of hydrogen-bond acceptors (Lipinski definition) is 2. The number of fused-ring (bicyclic) bond motifs is 1. The fraction of sp³-hybridized carbons (Fsp3) is 0.278. The first-order valence-corrected chi connectivity index (χ1v) is 7.59. The zero-order chi connectivity index (χ0) is 17.2. The van der Waals surface area contributed by atoms with Crippen molar-refractivity contribution in [2.75, 3.05) is 6.61 Å². The van der Waals surface area contributed by atoms with Crippen molar-refractivity contribution >= 4 is 5.91 Å². The number of benzene rings is 2. The summed E-state index contributed by atoms with van der Waals surface area (Å²) in [7, 11) is 0. The lowest BCUT2D eigenvalue weighted by atomic mass is 10.1. The van der Waals surface area contributed by atoms with Crippen LogP contribution in [0.25, 0.3) is 0 Å². The predicted octanol–water partition coefficient (Wildman–Crippen LogP) is 3.50. The minimum Gasteiger partial charge on any atom is -0.493 e. The van der Waals surface area contributed by atoms with Gasteiger partial charge in [-0.15, -0.1) is 0 Å². The Morgan fingerprint density at radius 1 is 1.08 bits per heavy atom. The molecule has 0 spiro atoms. The lowest BCUT2D eigenvalue weighted by molar-refractivity contribution is -0.137. The Kier molecular flexibility index (Phi) is 4.46. The van der Waals surface area contributed by atoms with Gasteiger partial charge in [-0.3, -0.25) is 4.79 Å². The Labute approximate surface area is 137 Å². The van der Waals surface area contributed by atoms with E-state index in [0.717, 1.165) is 35.4 Å². The van der Waals surface area contributed by atoms with E-state index in [9.17, 15) is 18.0 Å². The first-order chi connectivity index (χ1) is 11.4. The first-order valence-electron chi connectivity index (χ1n) is 7.59. The molecule has 1 aliphatic rings. The van der Waals surface area contributed by atoms with Crippen LogP contribution >= 0.6 is 0 Å². The molecule has 2 aromatic rings. The van der Waals surface area contributed by atoms with Gasteiger partial charge in [0.15, 0.2) is 0 Å². The summed E-state index contributed by atoms with van der Waals surface area (Å²) in [4.78, 5) is 12.0. The van der Waals surface area contributed by atoms with Gasteiger partial charge in [-0.25, -0.2) is 0 Å². The third-order valence-corrected chi connectivity index (χ3v) is 3.89. The topological polar surface area (TPSA) is 38.3 Å². The maximum Gasteiger partial charge on any atom is 0.416 e. The fourth-order valence-electron chi connectivity index (χ4n) is 2.61. The summed E-state index contributed by atoms with van der Waals surface area (Å²) < 4.78 is 42.9. The number of hydrogen-bond donors (Lipinski definition) is 1. The van der Waals surface area contributed by atoms with Crippen LogP contribution in [-0.2, 0) is 30.4 Å². The number of carbonyl (C=O) groups excluding carboxylic acids is 1. The molecular weight excluding hydrogens is 319 g/mol. The van der Waals surface area contributed by atoms with Crippen molar-refractivity contribution in [3.8, 4) is 5.75 Å². The standard InChI is InChI=1S/C18H16F3NO2/c19-18(20,21)15-4-1-12(2-5-15)11-22-17(23)10-13-3-6-16-14(9-13)7-8-24-16/h1-6,9H,7-8,10-11H2,(H,22,23). The molecule has 3 rings (SSSR count). The van der Waals surface area contributed by atoms with Gasteiger partial charge in [-0.1, -0.05) is 24.3 Å². The summed E-state index contributed by atoms with van der Waals surface area (Å²) in [5, 5.41) is 2.72. The Hall–Kier alpha value is -2.50. The second-order valence-corrected chi connectivity index (χ2v) is 5.69. The Morgan fingerprint density at radius 2 is 1.79 bits per heavy atom. The van der Waals surface area contributed by atoms with Crippen LogP contribution < -0.4 is 10.1 Å². The van der Waals surface area contributed by atoms with Gasteiger partial charge in [0.2, 0.25) is 5.91 Å². The molecular formula is C18H16F3NO2. The summed E-state index contributed by atoms with van der Waals surface area (Å²) in [5.41, 5.74) is 1.92. The average molecular weight is 335 g/mol. The maximum absolute atomic E-state index is 12.5. The van der Waals surface area contributed by atoms with Gasteiger partial charge in [0.05, 0.1) is 18.6 Å². The van der Waals surface area contributed by atoms with Crippen molar-refractivity contribution in [3.05, 3.63) is 64.7 Å². The summed E-state index contributed by atoms with van der Waals surface area (Å²) >= 11 is 0. The highest BCUT2D eigenvalue weighted by atomic mass is 19.4. The van der Waals surface area contributed by atoms with E-state index in [4.69, 9.17) is 4.74 Å². The van der Waals surface area contributed by atoms with Crippen molar-refractivity contribution in [3.63, 3.8) is 0 Å². The number of halogens is 3. The number of amides is 1. The minimum absolute atomic E-state index is 0.172. The van der Waals surface area contributed by atoms with Crippen molar-refractivity contribution in [1.82, 2.24) is 5.32 Å². The highest BCUT2D eigenvalue weighted by molar-refractivity contribution is 5.78. The fourth-order valence-corrected chi connectivity index (χ4v) is 2.61. The molecule has 3 nitrogen and oxygen atoms in total. The number of alkyl halides is 3. The van der Waals surface area contributed by atoms with Crippen LogP contribution in [0.1, 0.15) is 22.3 Å². The molecule has 0 bridgehead atoms. The third-order valence-electron chi connectivity index (χ3n) is 3.89. The zero-order valence-corrected chi connectivity index (χ0v) is 12.8. The van der Waals surface area contributed by atoms with E-state index in [1.165, 1.54) is 12.1 Å². The molecule has 0 fully saturated rings. The summed E-state index contributed by atoms with van der Waals surface area (Å²) in [6.07, 6.45) is -3.27. The molecule has 0 aliphatic carbocycles. The van der Waals surface area contributed by atoms with E-state index < -0.39 is 11.7 Å². The lowest BCUT2D eigenvalue weighted by Gasteiger charge is -2.09. The Balaban J connectivity index is 1.54. The van der Waals surface area contributed by atoms with Crippen LogP contribution in [0, 0.1) is 0 Å². The van der Waals surface area contributed by atoms with Gasteiger partial charge in [-0.2, -0.15) is 13.2 Å².